The van der Waals surface area contributed by atoms with Gasteiger partial charge >= 0.3 is 17.1 Å². The van der Waals surface area contributed by atoms with Crippen LogP contribution in [0.1, 0.15) is 0 Å². The average Bonchev–Trinajstić information content (AvgIpc) is 2.80. The Morgan fingerprint density at radius 3 is 1.67 bits per heavy atom. The molecule has 0 aromatic heterocycles. The predicted molar refractivity (Wildman–Crippen MR) is 63.4 cm³/mol. The molecule has 0 unspecified atom stereocenters. The van der Waals surface area contributed by atoms with E-state index in [1.807, 2.05) is 67.7 Å². The zero-order valence-electron chi connectivity index (χ0n) is 9.00. The summed E-state index contributed by atoms with van der Waals surface area (Å²) < 4.78 is 0. The molecule has 0 aliphatic rings. The van der Waals surface area contributed by atoms with Crippen LogP contribution in [0.3, 0.4) is 0 Å². The fourth-order valence-corrected chi connectivity index (χ4v) is 2.11. The second-order valence-corrected chi connectivity index (χ2v) is 7.39. The van der Waals surface area contributed by atoms with Crippen molar-refractivity contribution in [2.75, 3.05) is 0 Å². The molecule has 82 valence electrons. The van der Waals surface area contributed by atoms with Gasteiger partial charge < -0.3 is 4.80 Å². The molecule has 2 aromatic carbocycles. The quantitative estimate of drug-likeness (QED) is 0.615. The van der Waals surface area contributed by atoms with Gasteiger partial charge in [0.2, 0.25) is 0 Å². The summed E-state index contributed by atoms with van der Waals surface area (Å²) in [6.45, 7) is 3.84. The molecule has 0 aliphatic carbocycles. The molecule has 0 spiro atoms. The van der Waals surface area contributed by atoms with Gasteiger partial charge in [0.15, 0.2) is 8.32 Å². The van der Waals surface area contributed by atoms with E-state index in [4.69, 9.17) is 0 Å². The molecule has 1 nitrogen and oxygen atoms in total. The van der Waals surface area contributed by atoms with E-state index in [-0.39, 0.29) is 17.1 Å². The van der Waals surface area contributed by atoms with Crippen LogP contribution in [0.15, 0.2) is 54.6 Å². The van der Waals surface area contributed by atoms with E-state index in [0.717, 1.165) is 5.19 Å². The first-order chi connectivity index (χ1) is 6.61. The summed E-state index contributed by atoms with van der Waals surface area (Å²) >= 11 is 0. The van der Waals surface area contributed by atoms with E-state index in [1.54, 1.807) is 0 Å². The minimum atomic E-state index is -1.98. The van der Waals surface area contributed by atoms with Crippen molar-refractivity contribution in [1.82, 2.24) is 0 Å². The van der Waals surface area contributed by atoms with Crippen molar-refractivity contribution in [3.8, 4) is 0 Å². The molecule has 1 N–H and O–H groups in total. The van der Waals surface area contributed by atoms with Gasteiger partial charge in [0.05, 0.1) is 0 Å². The molecule has 3 heteroatoms. The van der Waals surface area contributed by atoms with Crippen LogP contribution in [0.25, 0.3) is 0 Å². The van der Waals surface area contributed by atoms with Crippen molar-refractivity contribution in [3.05, 3.63) is 54.6 Å². The van der Waals surface area contributed by atoms with Crippen LogP contribution in [0, 0.1) is 0 Å². The van der Waals surface area contributed by atoms with Crippen LogP contribution >= 0.6 is 0 Å². The molecule has 2 aromatic rings. The summed E-state index contributed by atoms with van der Waals surface area (Å²) in [5.74, 6) is 0. The Bertz CT molecular complexity index is 302. The fraction of sp³-hybridized carbons (Fsp3) is 0.167. The molecule has 0 saturated heterocycles. The summed E-state index contributed by atoms with van der Waals surface area (Å²) in [6, 6.07) is 17.9. The Morgan fingerprint density at radius 2 is 1.47 bits per heavy atom. The number of hydrogen-bond acceptors (Lipinski definition) is 1. The third-order valence-corrected chi connectivity index (χ3v) is 3.67. The summed E-state index contributed by atoms with van der Waals surface area (Å²) in [7, 11) is -1.98. The Morgan fingerprint density at radius 1 is 1.00 bits per heavy atom. The number of rotatable bonds is 1. The first kappa shape index (κ1) is 14.4. The smallest absolute Gasteiger partial charge is 0.439 e. The van der Waals surface area contributed by atoms with Crippen molar-refractivity contribution in [3.63, 3.8) is 0 Å². The molecule has 0 bridgehead atoms. The summed E-state index contributed by atoms with van der Waals surface area (Å²) in [4.78, 5) is 9.52. The van der Waals surface area contributed by atoms with Crippen molar-refractivity contribution in [1.29, 1.82) is 0 Å². The Labute approximate surface area is 103 Å². The van der Waals surface area contributed by atoms with Crippen molar-refractivity contribution in [2.45, 2.75) is 13.1 Å². The molecular formula is C12H16FeOSi. The van der Waals surface area contributed by atoms with Crippen molar-refractivity contribution in [2.24, 2.45) is 0 Å². The van der Waals surface area contributed by atoms with Gasteiger partial charge in [-0.25, -0.2) is 24.3 Å². The fourth-order valence-electron chi connectivity index (χ4n) is 1.10. The normalized spacial score (nSPS) is 9.80. The van der Waals surface area contributed by atoms with Crippen LogP contribution < -0.4 is 5.19 Å². The second kappa shape index (κ2) is 6.80. The predicted octanol–water partition coefficient (Wildman–Crippen LogP) is 2.21. The van der Waals surface area contributed by atoms with Crippen molar-refractivity contribution >= 4 is 13.5 Å². The third kappa shape index (κ3) is 5.75. The average molecular weight is 260 g/mol. The van der Waals surface area contributed by atoms with Gasteiger partial charge in [-0.3, -0.25) is 0 Å². The molecular weight excluding hydrogens is 244 g/mol. The largest absolute Gasteiger partial charge is 2.00 e. The van der Waals surface area contributed by atoms with E-state index >= 15 is 0 Å². The summed E-state index contributed by atoms with van der Waals surface area (Å²) in [6.07, 6.45) is 0. The van der Waals surface area contributed by atoms with Crippen LogP contribution in [0.4, 0.5) is 0 Å². The Balaban J connectivity index is 0.000000280. The van der Waals surface area contributed by atoms with E-state index in [9.17, 15) is 4.80 Å². The van der Waals surface area contributed by atoms with Crippen LogP contribution in [0.2, 0.25) is 13.1 Å². The third-order valence-electron chi connectivity index (χ3n) is 1.92. The monoisotopic (exact) mass is 260 g/mol. The van der Waals surface area contributed by atoms with Crippen LogP contribution in [-0.2, 0) is 17.1 Å². The molecule has 0 atom stereocenters. The molecule has 15 heavy (non-hydrogen) atoms. The summed E-state index contributed by atoms with van der Waals surface area (Å²) in [5.41, 5.74) is 0. The van der Waals surface area contributed by atoms with Gasteiger partial charge in [-0.2, -0.15) is 30.3 Å². The molecule has 0 saturated carbocycles. The molecule has 0 fully saturated rings. The Kier molecular flexibility index (Phi) is 6.53. The molecule has 0 radical (unpaired) electrons. The van der Waals surface area contributed by atoms with Gasteiger partial charge in [0.1, 0.15) is 0 Å². The molecule has 0 heterocycles. The zero-order valence-corrected chi connectivity index (χ0v) is 11.1. The minimum absolute atomic E-state index is 0. The maximum absolute atomic E-state index is 9.52. The van der Waals surface area contributed by atoms with Gasteiger partial charge in [-0.05, 0) is 0 Å². The first-order valence-electron chi connectivity index (χ1n) is 4.72. The van der Waals surface area contributed by atoms with Gasteiger partial charge in [-0.1, -0.05) is 13.1 Å². The summed E-state index contributed by atoms with van der Waals surface area (Å²) in [5, 5.41) is 1.11. The van der Waals surface area contributed by atoms with E-state index in [2.05, 4.69) is 0 Å². The van der Waals surface area contributed by atoms with E-state index in [1.165, 1.54) is 0 Å². The minimum Gasteiger partial charge on any atom is -0.439 e. The first-order valence-corrected chi connectivity index (χ1v) is 7.66. The van der Waals surface area contributed by atoms with Gasteiger partial charge in [-0.15, -0.1) is 5.19 Å². The molecule has 0 amide bonds. The van der Waals surface area contributed by atoms with E-state index in [0.29, 0.717) is 0 Å². The molecule has 2 rings (SSSR count). The van der Waals surface area contributed by atoms with Crippen molar-refractivity contribution < 1.29 is 21.9 Å². The molecule has 0 aliphatic heterocycles. The Hall–Kier alpha value is -0.604. The maximum atomic E-state index is 9.52. The van der Waals surface area contributed by atoms with Crippen LogP contribution in [-0.4, -0.2) is 13.1 Å². The zero-order chi connectivity index (χ0) is 10.4. The SMILES string of the molecule is C[Si](C)(O)[c-]1cccc1.[Fe+2].c1cc[cH-]c1. The van der Waals surface area contributed by atoms with Crippen LogP contribution in [0.5, 0.6) is 0 Å². The number of hydrogen-bond donors (Lipinski definition) is 1. The topological polar surface area (TPSA) is 20.2 Å². The second-order valence-electron chi connectivity index (χ2n) is 3.69. The van der Waals surface area contributed by atoms with Gasteiger partial charge in [0.25, 0.3) is 0 Å². The van der Waals surface area contributed by atoms with E-state index < -0.39 is 8.32 Å². The van der Waals surface area contributed by atoms with Gasteiger partial charge in [0, 0.05) is 0 Å². The maximum Gasteiger partial charge on any atom is 2.00 e. The standard InChI is InChI=1S/C7H11OSi.C5H5.Fe/c1-9(2,8)7-5-3-4-6-7;1-2-4-5-3-1;/h3-6,8H,1-2H3;1-5H;/q2*-1;+2.